The largest absolute Gasteiger partial charge is 0.394 e. The molecule has 4 nitrogen and oxygen atoms in total. The second-order valence-electron chi connectivity index (χ2n) is 3.04. The molecule has 0 aromatic heterocycles. The molecule has 1 unspecified atom stereocenters. The fourth-order valence-corrected chi connectivity index (χ4v) is 1.34. The maximum absolute atomic E-state index is 11.2. The van der Waals surface area contributed by atoms with Crippen molar-refractivity contribution in [3.8, 4) is 0 Å². The molecule has 1 saturated heterocycles. The predicted octanol–water partition coefficient (Wildman–Crippen LogP) is -0.0937. The van der Waals surface area contributed by atoms with Gasteiger partial charge in [0, 0.05) is 12.8 Å². The maximum Gasteiger partial charge on any atom is 0.229 e. The Balaban J connectivity index is 2.69. The minimum Gasteiger partial charge on any atom is -0.394 e. The Bertz CT molecular complexity index is 186. The standard InChI is InChI=1S/C8H13NO3/c1-6(5-10)9-7(11)3-2-4-8(9)12/h6,10H,2-5H2,1H3. The molecule has 0 aromatic rings. The third-order valence-electron chi connectivity index (χ3n) is 2.02. The van der Waals surface area contributed by atoms with Crippen molar-refractivity contribution in [3.63, 3.8) is 0 Å². The molecule has 0 radical (unpaired) electrons. The SMILES string of the molecule is CC(CO)N1C(=O)CCCC1=O. The molecule has 0 saturated carbocycles. The Morgan fingerprint density at radius 1 is 1.42 bits per heavy atom. The summed E-state index contributed by atoms with van der Waals surface area (Å²) in [5.41, 5.74) is 0. The highest BCUT2D eigenvalue weighted by Crippen LogP contribution is 2.14. The van der Waals surface area contributed by atoms with E-state index in [0.717, 1.165) is 0 Å². The highest BCUT2D eigenvalue weighted by molar-refractivity contribution is 5.97. The molecule has 0 aliphatic carbocycles. The fourth-order valence-electron chi connectivity index (χ4n) is 1.34. The van der Waals surface area contributed by atoms with E-state index < -0.39 is 0 Å². The van der Waals surface area contributed by atoms with Crippen LogP contribution >= 0.6 is 0 Å². The van der Waals surface area contributed by atoms with E-state index in [4.69, 9.17) is 5.11 Å². The first-order valence-electron chi connectivity index (χ1n) is 4.12. The second-order valence-corrected chi connectivity index (χ2v) is 3.04. The molecule has 0 bridgehead atoms. The Morgan fingerprint density at radius 3 is 2.33 bits per heavy atom. The minimum absolute atomic E-state index is 0.155. The number of carbonyl (C=O) groups is 2. The topological polar surface area (TPSA) is 57.6 Å². The van der Waals surface area contributed by atoms with Gasteiger partial charge in [0.2, 0.25) is 11.8 Å². The number of rotatable bonds is 2. The zero-order valence-electron chi connectivity index (χ0n) is 7.12. The number of aliphatic hydroxyl groups is 1. The van der Waals surface area contributed by atoms with Crippen molar-refractivity contribution in [1.82, 2.24) is 4.90 Å². The lowest BCUT2D eigenvalue weighted by atomic mass is 10.1. The molecular weight excluding hydrogens is 158 g/mol. The van der Waals surface area contributed by atoms with Crippen molar-refractivity contribution in [2.45, 2.75) is 32.2 Å². The second kappa shape index (κ2) is 3.67. The monoisotopic (exact) mass is 171 g/mol. The van der Waals surface area contributed by atoms with Crippen molar-refractivity contribution in [2.75, 3.05) is 6.61 Å². The summed E-state index contributed by atoms with van der Waals surface area (Å²) in [5, 5.41) is 8.78. The summed E-state index contributed by atoms with van der Waals surface area (Å²) in [7, 11) is 0. The molecule has 1 atom stereocenters. The van der Waals surface area contributed by atoms with Gasteiger partial charge < -0.3 is 5.11 Å². The average molecular weight is 171 g/mol. The van der Waals surface area contributed by atoms with Gasteiger partial charge in [-0.25, -0.2) is 0 Å². The van der Waals surface area contributed by atoms with Gasteiger partial charge in [0.25, 0.3) is 0 Å². The number of carbonyl (C=O) groups excluding carboxylic acids is 2. The lowest BCUT2D eigenvalue weighted by Gasteiger charge is -2.29. The van der Waals surface area contributed by atoms with Crippen molar-refractivity contribution in [3.05, 3.63) is 0 Å². The van der Waals surface area contributed by atoms with E-state index in [9.17, 15) is 9.59 Å². The van der Waals surface area contributed by atoms with E-state index >= 15 is 0 Å². The molecule has 4 heteroatoms. The number of imide groups is 1. The number of hydrogen-bond donors (Lipinski definition) is 1. The summed E-state index contributed by atoms with van der Waals surface area (Å²) >= 11 is 0. The number of nitrogens with zero attached hydrogens (tertiary/aromatic N) is 1. The van der Waals surface area contributed by atoms with Crippen LogP contribution in [0.5, 0.6) is 0 Å². The Kier molecular flexibility index (Phi) is 2.81. The first-order valence-corrected chi connectivity index (χ1v) is 4.12. The third kappa shape index (κ3) is 1.64. The van der Waals surface area contributed by atoms with Crippen LogP contribution in [0.15, 0.2) is 0 Å². The predicted molar refractivity (Wildman–Crippen MR) is 42.3 cm³/mol. The Morgan fingerprint density at radius 2 is 1.92 bits per heavy atom. The van der Waals surface area contributed by atoms with Crippen LogP contribution in [-0.2, 0) is 9.59 Å². The van der Waals surface area contributed by atoms with Crippen LogP contribution in [0.25, 0.3) is 0 Å². The summed E-state index contributed by atoms with van der Waals surface area (Å²) < 4.78 is 0. The van der Waals surface area contributed by atoms with Crippen LogP contribution in [0.1, 0.15) is 26.2 Å². The van der Waals surface area contributed by atoms with Gasteiger partial charge in [0.1, 0.15) is 0 Å². The van der Waals surface area contributed by atoms with E-state index in [0.29, 0.717) is 19.3 Å². The Labute approximate surface area is 71.2 Å². The van der Waals surface area contributed by atoms with Crippen molar-refractivity contribution in [2.24, 2.45) is 0 Å². The van der Waals surface area contributed by atoms with Crippen LogP contribution in [0.2, 0.25) is 0 Å². The molecule has 1 N–H and O–H groups in total. The zero-order chi connectivity index (χ0) is 9.14. The summed E-state index contributed by atoms with van der Waals surface area (Å²) in [5.74, 6) is -0.319. The summed E-state index contributed by atoms with van der Waals surface area (Å²) in [4.78, 5) is 23.6. The van der Waals surface area contributed by atoms with E-state index in [1.54, 1.807) is 6.92 Å². The molecule has 12 heavy (non-hydrogen) atoms. The van der Waals surface area contributed by atoms with Crippen molar-refractivity contribution >= 4 is 11.8 Å². The van der Waals surface area contributed by atoms with E-state index in [-0.39, 0.29) is 24.5 Å². The van der Waals surface area contributed by atoms with Gasteiger partial charge in [-0.3, -0.25) is 14.5 Å². The normalized spacial score (nSPS) is 21.3. The van der Waals surface area contributed by atoms with Crippen LogP contribution in [0, 0.1) is 0 Å². The summed E-state index contributed by atoms with van der Waals surface area (Å²) in [6.07, 6.45) is 1.50. The highest BCUT2D eigenvalue weighted by atomic mass is 16.3. The van der Waals surface area contributed by atoms with Gasteiger partial charge in [-0.1, -0.05) is 0 Å². The van der Waals surface area contributed by atoms with E-state index in [1.165, 1.54) is 4.90 Å². The molecule has 2 amide bonds. The molecule has 0 aromatic carbocycles. The van der Waals surface area contributed by atoms with Crippen LogP contribution in [-0.4, -0.2) is 34.5 Å². The lowest BCUT2D eigenvalue weighted by molar-refractivity contribution is -0.151. The number of aliphatic hydroxyl groups excluding tert-OH is 1. The number of amides is 2. The molecule has 68 valence electrons. The van der Waals surface area contributed by atoms with Gasteiger partial charge in [-0.2, -0.15) is 0 Å². The first-order chi connectivity index (χ1) is 5.66. The first kappa shape index (κ1) is 9.19. The zero-order valence-corrected chi connectivity index (χ0v) is 7.12. The third-order valence-corrected chi connectivity index (χ3v) is 2.02. The lowest BCUT2D eigenvalue weighted by Crippen LogP contribution is -2.47. The molecule has 1 rings (SSSR count). The van der Waals surface area contributed by atoms with Gasteiger partial charge in [-0.05, 0) is 13.3 Å². The number of piperidine rings is 1. The molecule has 0 spiro atoms. The van der Waals surface area contributed by atoms with Crippen LogP contribution in [0.4, 0.5) is 0 Å². The molecular formula is C8H13NO3. The van der Waals surface area contributed by atoms with Gasteiger partial charge >= 0.3 is 0 Å². The van der Waals surface area contributed by atoms with Gasteiger partial charge in [0.15, 0.2) is 0 Å². The average Bonchev–Trinajstić information content (AvgIpc) is 2.03. The molecule has 1 heterocycles. The molecule has 1 fully saturated rings. The van der Waals surface area contributed by atoms with Crippen molar-refractivity contribution < 1.29 is 14.7 Å². The molecule has 1 aliphatic heterocycles. The van der Waals surface area contributed by atoms with E-state index in [2.05, 4.69) is 0 Å². The minimum atomic E-state index is -0.370. The quantitative estimate of drug-likeness (QED) is 0.590. The molecule has 1 aliphatic rings. The van der Waals surface area contributed by atoms with Crippen molar-refractivity contribution in [1.29, 1.82) is 0 Å². The number of hydrogen-bond acceptors (Lipinski definition) is 3. The highest BCUT2D eigenvalue weighted by Gasteiger charge is 2.29. The summed E-state index contributed by atoms with van der Waals surface area (Å²) in [6, 6.07) is -0.370. The van der Waals surface area contributed by atoms with Crippen LogP contribution in [0.3, 0.4) is 0 Å². The summed E-state index contributed by atoms with van der Waals surface area (Å²) in [6.45, 7) is 1.51. The fraction of sp³-hybridized carbons (Fsp3) is 0.750. The maximum atomic E-state index is 11.2. The number of likely N-dealkylation sites (tertiary alicyclic amines) is 1. The van der Waals surface area contributed by atoms with Gasteiger partial charge in [0.05, 0.1) is 12.6 Å². The van der Waals surface area contributed by atoms with E-state index in [1.807, 2.05) is 0 Å². The Hall–Kier alpha value is -0.900. The van der Waals surface area contributed by atoms with Gasteiger partial charge in [-0.15, -0.1) is 0 Å². The van der Waals surface area contributed by atoms with Crippen LogP contribution < -0.4 is 0 Å². The smallest absolute Gasteiger partial charge is 0.229 e.